The average Bonchev–Trinajstić information content (AvgIpc) is 2.68. The van der Waals surface area contributed by atoms with Crippen LogP contribution in [-0.4, -0.2) is 49.2 Å². The zero-order chi connectivity index (χ0) is 19.4. The lowest BCUT2D eigenvalue weighted by Gasteiger charge is -2.36. The second-order valence-electron chi connectivity index (χ2n) is 6.34. The molecule has 6 nitrogen and oxygen atoms in total. The molecule has 2 aromatic rings. The fourth-order valence-corrected chi connectivity index (χ4v) is 3.27. The lowest BCUT2D eigenvalue weighted by Crippen LogP contribution is -2.52. The third-order valence-corrected chi connectivity index (χ3v) is 4.83. The SMILES string of the molecule is COc1cccc(F)c1[C@H](C)NC(=O)N1CCN(c2ccc(Cl)cn2)CC1. The van der Waals surface area contributed by atoms with Crippen LogP contribution in [0.5, 0.6) is 5.75 Å². The van der Waals surface area contributed by atoms with Gasteiger partial charge in [-0.05, 0) is 31.2 Å². The number of methoxy groups -OCH3 is 1. The van der Waals surface area contributed by atoms with Crippen molar-refractivity contribution < 1.29 is 13.9 Å². The number of amides is 2. The predicted octanol–water partition coefficient (Wildman–Crippen LogP) is 3.48. The van der Waals surface area contributed by atoms with Gasteiger partial charge in [-0.15, -0.1) is 0 Å². The van der Waals surface area contributed by atoms with E-state index in [2.05, 4.69) is 15.2 Å². The molecule has 1 N–H and O–H groups in total. The van der Waals surface area contributed by atoms with Gasteiger partial charge in [0.05, 0.1) is 23.7 Å². The molecule has 0 aliphatic carbocycles. The van der Waals surface area contributed by atoms with Gasteiger partial charge < -0.3 is 19.9 Å². The second kappa shape index (κ2) is 8.43. The van der Waals surface area contributed by atoms with Gasteiger partial charge in [0.25, 0.3) is 0 Å². The van der Waals surface area contributed by atoms with Crippen LogP contribution in [0.15, 0.2) is 36.5 Å². The summed E-state index contributed by atoms with van der Waals surface area (Å²) in [4.78, 5) is 20.7. The smallest absolute Gasteiger partial charge is 0.317 e. The first-order chi connectivity index (χ1) is 13.0. The molecule has 1 atom stereocenters. The number of anilines is 1. The first-order valence-electron chi connectivity index (χ1n) is 8.74. The molecule has 1 aliphatic rings. The Morgan fingerprint density at radius 3 is 2.63 bits per heavy atom. The summed E-state index contributed by atoms with van der Waals surface area (Å²) in [5.74, 6) is 0.853. The van der Waals surface area contributed by atoms with E-state index in [-0.39, 0.29) is 6.03 Å². The number of aromatic nitrogens is 1. The van der Waals surface area contributed by atoms with Gasteiger partial charge in [0.1, 0.15) is 17.4 Å². The van der Waals surface area contributed by atoms with Crippen LogP contribution in [0.4, 0.5) is 15.0 Å². The predicted molar refractivity (Wildman–Crippen MR) is 103 cm³/mol. The van der Waals surface area contributed by atoms with Crippen molar-refractivity contribution in [3.8, 4) is 5.75 Å². The van der Waals surface area contributed by atoms with Crippen molar-refractivity contribution in [3.63, 3.8) is 0 Å². The highest BCUT2D eigenvalue weighted by Crippen LogP contribution is 2.27. The van der Waals surface area contributed by atoms with Crippen LogP contribution in [0.3, 0.4) is 0 Å². The number of pyridine rings is 1. The van der Waals surface area contributed by atoms with Crippen LogP contribution in [0.25, 0.3) is 0 Å². The zero-order valence-corrected chi connectivity index (χ0v) is 16.0. The van der Waals surface area contributed by atoms with Gasteiger partial charge in [-0.1, -0.05) is 17.7 Å². The summed E-state index contributed by atoms with van der Waals surface area (Å²) < 4.78 is 19.4. The molecule has 27 heavy (non-hydrogen) atoms. The lowest BCUT2D eigenvalue weighted by atomic mass is 10.1. The number of carbonyl (C=O) groups is 1. The van der Waals surface area contributed by atoms with Crippen molar-refractivity contribution in [1.29, 1.82) is 0 Å². The Bertz CT molecular complexity index is 795. The summed E-state index contributed by atoms with van der Waals surface area (Å²) in [5.41, 5.74) is 0.345. The summed E-state index contributed by atoms with van der Waals surface area (Å²) >= 11 is 5.87. The molecule has 144 valence electrons. The first kappa shape index (κ1) is 19.2. The summed E-state index contributed by atoms with van der Waals surface area (Å²) in [5, 5.41) is 3.45. The Morgan fingerprint density at radius 2 is 2.00 bits per heavy atom. The lowest BCUT2D eigenvalue weighted by molar-refractivity contribution is 0.190. The quantitative estimate of drug-likeness (QED) is 0.865. The molecule has 1 fully saturated rings. The van der Waals surface area contributed by atoms with E-state index in [0.29, 0.717) is 42.5 Å². The minimum absolute atomic E-state index is 0.225. The van der Waals surface area contributed by atoms with Crippen molar-refractivity contribution in [2.75, 3.05) is 38.2 Å². The number of piperazine rings is 1. The van der Waals surface area contributed by atoms with Gasteiger partial charge in [-0.25, -0.2) is 14.2 Å². The topological polar surface area (TPSA) is 57.7 Å². The maximum Gasteiger partial charge on any atom is 0.317 e. The van der Waals surface area contributed by atoms with E-state index in [1.54, 1.807) is 36.2 Å². The van der Waals surface area contributed by atoms with Crippen molar-refractivity contribution in [3.05, 3.63) is 52.9 Å². The molecule has 8 heteroatoms. The Hall–Kier alpha value is -2.54. The molecule has 0 radical (unpaired) electrons. The molecule has 1 aliphatic heterocycles. The maximum atomic E-state index is 14.2. The van der Waals surface area contributed by atoms with Crippen LogP contribution in [0, 0.1) is 5.82 Å². The normalized spacial score (nSPS) is 15.4. The van der Waals surface area contributed by atoms with Gasteiger partial charge in [-0.3, -0.25) is 0 Å². The highest BCUT2D eigenvalue weighted by Gasteiger charge is 2.25. The van der Waals surface area contributed by atoms with E-state index in [0.717, 1.165) is 5.82 Å². The van der Waals surface area contributed by atoms with E-state index in [4.69, 9.17) is 16.3 Å². The van der Waals surface area contributed by atoms with Crippen LogP contribution >= 0.6 is 11.6 Å². The van der Waals surface area contributed by atoms with Gasteiger partial charge >= 0.3 is 6.03 Å². The Kier molecular flexibility index (Phi) is 6.01. The number of hydrogen-bond donors (Lipinski definition) is 1. The van der Waals surface area contributed by atoms with Crippen molar-refractivity contribution in [2.45, 2.75) is 13.0 Å². The van der Waals surface area contributed by atoms with E-state index >= 15 is 0 Å². The molecular formula is C19H22ClFN4O2. The Labute approximate surface area is 162 Å². The van der Waals surface area contributed by atoms with Gasteiger partial charge in [-0.2, -0.15) is 0 Å². The molecule has 1 saturated heterocycles. The minimum Gasteiger partial charge on any atom is -0.496 e. The second-order valence-corrected chi connectivity index (χ2v) is 6.77. The molecule has 3 rings (SSSR count). The highest BCUT2D eigenvalue weighted by molar-refractivity contribution is 6.30. The molecule has 2 heterocycles. The first-order valence-corrected chi connectivity index (χ1v) is 9.11. The third kappa shape index (κ3) is 4.42. The highest BCUT2D eigenvalue weighted by atomic mass is 35.5. The fourth-order valence-electron chi connectivity index (χ4n) is 3.16. The number of halogens is 2. The molecular weight excluding hydrogens is 371 g/mol. The molecule has 0 bridgehead atoms. The van der Waals surface area contributed by atoms with E-state index in [1.807, 2.05) is 6.07 Å². The van der Waals surface area contributed by atoms with Crippen LogP contribution in [0.1, 0.15) is 18.5 Å². The van der Waals surface area contributed by atoms with Crippen molar-refractivity contribution in [2.24, 2.45) is 0 Å². The van der Waals surface area contributed by atoms with Gasteiger partial charge in [0.2, 0.25) is 0 Å². The van der Waals surface area contributed by atoms with E-state index < -0.39 is 11.9 Å². The van der Waals surface area contributed by atoms with Gasteiger partial charge in [0, 0.05) is 32.4 Å². The molecule has 0 spiro atoms. The molecule has 0 unspecified atom stereocenters. The molecule has 1 aromatic heterocycles. The Balaban J connectivity index is 1.59. The number of ether oxygens (including phenoxy) is 1. The van der Waals surface area contributed by atoms with E-state index in [9.17, 15) is 9.18 Å². The summed E-state index contributed by atoms with van der Waals surface area (Å²) in [6.45, 7) is 4.18. The third-order valence-electron chi connectivity index (χ3n) is 4.61. The van der Waals surface area contributed by atoms with E-state index in [1.165, 1.54) is 13.2 Å². The summed E-state index contributed by atoms with van der Waals surface area (Å²) in [7, 11) is 1.48. The zero-order valence-electron chi connectivity index (χ0n) is 15.3. The number of hydrogen-bond acceptors (Lipinski definition) is 4. The van der Waals surface area contributed by atoms with Crippen LogP contribution in [-0.2, 0) is 0 Å². The monoisotopic (exact) mass is 392 g/mol. The minimum atomic E-state index is -0.510. The molecule has 0 saturated carbocycles. The number of nitrogens with zero attached hydrogens (tertiary/aromatic N) is 3. The number of urea groups is 1. The van der Waals surface area contributed by atoms with Crippen molar-refractivity contribution >= 4 is 23.4 Å². The maximum absolute atomic E-state index is 14.2. The van der Waals surface area contributed by atoms with Crippen molar-refractivity contribution in [1.82, 2.24) is 15.2 Å². The summed E-state index contributed by atoms with van der Waals surface area (Å²) in [6, 6.07) is 7.55. The number of nitrogens with one attached hydrogen (secondary N) is 1. The molecule has 2 amide bonds. The number of carbonyl (C=O) groups excluding carboxylic acids is 1. The van der Waals surface area contributed by atoms with Crippen LogP contribution < -0.4 is 15.0 Å². The van der Waals surface area contributed by atoms with Crippen LogP contribution in [0.2, 0.25) is 5.02 Å². The average molecular weight is 393 g/mol. The number of rotatable bonds is 4. The Morgan fingerprint density at radius 1 is 1.26 bits per heavy atom. The largest absolute Gasteiger partial charge is 0.496 e. The molecule has 1 aromatic carbocycles. The fraction of sp³-hybridized carbons (Fsp3) is 0.368. The van der Waals surface area contributed by atoms with Gasteiger partial charge in [0.15, 0.2) is 0 Å². The standard InChI is InChI=1S/C19H22ClFN4O2/c1-13(18-15(21)4-3-5-16(18)27-2)23-19(26)25-10-8-24(9-11-25)17-7-6-14(20)12-22-17/h3-7,12-13H,8-11H2,1-2H3,(H,23,26)/t13-/m0/s1. The summed E-state index contributed by atoms with van der Waals surface area (Å²) in [6.07, 6.45) is 1.61. The number of benzene rings is 1.